The van der Waals surface area contributed by atoms with Crippen LogP contribution in [-0.4, -0.2) is 23.8 Å². The molecule has 0 saturated heterocycles. The Morgan fingerprint density at radius 1 is 1.18 bits per heavy atom. The number of carbonyl (C=O) groups is 1. The van der Waals surface area contributed by atoms with Gasteiger partial charge in [0.25, 0.3) is 5.91 Å². The molecule has 0 fully saturated rings. The van der Waals surface area contributed by atoms with Gasteiger partial charge in [-0.1, -0.05) is 56.3 Å². The van der Waals surface area contributed by atoms with Crippen molar-refractivity contribution < 1.29 is 14.6 Å². The maximum absolute atomic E-state index is 12.1. The lowest BCUT2D eigenvalue weighted by atomic mass is 10.0. The van der Waals surface area contributed by atoms with Crippen molar-refractivity contribution in [1.82, 2.24) is 5.43 Å². The number of fused-ring (bicyclic) bond motifs is 1. The molecule has 0 atom stereocenters. The van der Waals surface area contributed by atoms with E-state index in [4.69, 9.17) is 4.74 Å². The number of phenolic OH excluding ortho intramolecular Hbond substituents is 1. The molecule has 0 aliphatic heterocycles. The molecule has 0 aliphatic carbocycles. The number of nitrogens with one attached hydrogen (secondary N) is 1. The Balaban J connectivity index is 1.62. The molecule has 144 valence electrons. The number of hydrogen-bond acceptors (Lipinski definition) is 4. The van der Waals surface area contributed by atoms with Gasteiger partial charge in [-0.25, -0.2) is 5.43 Å². The van der Waals surface area contributed by atoms with Crippen molar-refractivity contribution in [3.05, 3.63) is 71.3 Å². The first-order chi connectivity index (χ1) is 13.5. The highest BCUT2D eigenvalue weighted by Crippen LogP contribution is 2.28. The van der Waals surface area contributed by atoms with E-state index >= 15 is 0 Å². The van der Waals surface area contributed by atoms with Crippen molar-refractivity contribution in [2.45, 2.75) is 26.7 Å². The summed E-state index contributed by atoms with van der Waals surface area (Å²) in [6.45, 7) is 6.01. The number of benzene rings is 3. The number of phenols is 1. The molecule has 0 saturated carbocycles. The zero-order valence-electron chi connectivity index (χ0n) is 16.3. The predicted molar refractivity (Wildman–Crippen MR) is 112 cm³/mol. The molecule has 3 aromatic rings. The van der Waals surface area contributed by atoms with Crippen molar-refractivity contribution in [3.8, 4) is 11.5 Å². The molecule has 0 radical (unpaired) electrons. The second kappa shape index (κ2) is 8.57. The summed E-state index contributed by atoms with van der Waals surface area (Å²) >= 11 is 0. The van der Waals surface area contributed by atoms with Crippen LogP contribution in [0.2, 0.25) is 0 Å². The zero-order chi connectivity index (χ0) is 20.1. The maximum atomic E-state index is 12.1. The summed E-state index contributed by atoms with van der Waals surface area (Å²) < 4.78 is 5.69. The molecule has 0 bridgehead atoms. The summed E-state index contributed by atoms with van der Waals surface area (Å²) in [6, 6.07) is 17.2. The lowest BCUT2D eigenvalue weighted by Crippen LogP contribution is -2.25. The third-order valence-corrected chi connectivity index (χ3v) is 4.47. The second-order valence-corrected chi connectivity index (χ2v) is 7.00. The third-order valence-electron chi connectivity index (χ3n) is 4.47. The summed E-state index contributed by atoms with van der Waals surface area (Å²) in [5, 5.41) is 16.0. The van der Waals surface area contributed by atoms with E-state index in [0.717, 1.165) is 21.9 Å². The average Bonchev–Trinajstić information content (AvgIpc) is 2.68. The van der Waals surface area contributed by atoms with E-state index in [1.54, 1.807) is 6.07 Å². The average molecular weight is 376 g/mol. The van der Waals surface area contributed by atoms with Crippen molar-refractivity contribution in [2.75, 3.05) is 6.61 Å². The monoisotopic (exact) mass is 376 g/mol. The molecule has 5 heteroatoms. The van der Waals surface area contributed by atoms with Crippen molar-refractivity contribution >= 4 is 22.9 Å². The van der Waals surface area contributed by atoms with Gasteiger partial charge in [-0.15, -0.1) is 0 Å². The molecule has 0 unspecified atom stereocenters. The largest absolute Gasteiger partial charge is 0.507 e. The van der Waals surface area contributed by atoms with Crippen LogP contribution in [0.15, 0.2) is 59.7 Å². The smallest absolute Gasteiger partial charge is 0.277 e. The van der Waals surface area contributed by atoms with E-state index in [2.05, 4.69) is 24.4 Å². The number of aryl methyl sites for hydroxylation is 1. The van der Waals surface area contributed by atoms with Crippen LogP contribution in [-0.2, 0) is 4.79 Å². The van der Waals surface area contributed by atoms with Gasteiger partial charge in [0, 0.05) is 10.9 Å². The highest BCUT2D eigenvalue weighted by atomic mass is 16.5. The fourth-order valence-corrected chi connectivity index (χ4v) is 2.97. The van der Waals surface area contributed by atoms with Crippen LogP contribution >= 0.6 is 0 Å². The van der Waals surface area contributed by atoms with Crippen LogP contribution in [0, 0.1) is 6.92 Å². The summed E-state index contributed by atoms with van der Waals surface area (Å²) in [7, 11) is 0. The molecule has 0 heterocycles. The first-order valence-corrected chi connectivity index (χ1v) is 9.21. The van der Waals surface area contributed by atoms with Gasteiger partial charge < -0.3 is 9.84 Å². The SMILES string of the molecule is Cc1ccc(C(C)C)c(OCC(=O)NN=Cc2ccc3ccccc3c2O)c1. The van der Waals surface area contributed by atoms with Crippen LogP contribution in [0.3, 0.4) is 0 Å². The molecule has 3 rings (SSSR count). The van der Waals surface area contributed by atoms with E-state index in [1.165, 1.54) is 6.21 Å². The first-order valence-electron chi connectivity index (χ1n) is 9.21. The minimum Gasteiger partial charge on any atom is -0.507 e. The number of aromatic hydroxyl groups is 1. The van der Waals surface area contributed by atoms with Gasteiger partial charge in [0.05, 0.1) is 6.21 Å². The Hall–Kier alpha value is -3.34. The molecular formula is C23H24N2O3. The normalized spacial score (nSPS) is 11.3. The lowest BCUT2D eigenvalue weighted by molar-refractivity contribution is -0.123. The van der Waals surface area contributed by atoms with Crippen LogP contribution < -0.4 is 10.2 Å². The van der Waals surface area contributed by atoms with E-state index in [1.807, 2.05) is 55.5 Å². The van der Waals surface area contributed by atoms with Gasteiger partial charge in [-0.05, 0) is 41.5 Å². The standard InChI is InChI=1S/C23H24N2O3/c1-15(2)19-11-8-16(3)12-21(19)28-14-22(26)25-24-13-18-10-9-17-6-4-5-7-20(17)23(18)27/h4-13,15,27H,14H2,1-3H3,(H,25,26). The van der Waals surface area contributed by atoms with Gasteiger partial charge in [0.1, 0.15) is 11.5 Å². The molecule has 0 spiro atoms. The van der Waals surface area contributed by atoms with Crippen molar-refractivity contribution in [3.63, 3.8) is 0 Å². The van der Waals surface area contributed by atoms with E-state index in [-0.39, 0.29) is 18.3 Å². The first kappa shape index (κ1) is 19.4. The van der Waals surface area contributed by atoms with E-state index in [0.29, 0.717) is 17.2 Å². The van der Waals surface area contributed by atoms with Crippen LogP contribution in [0.5, 0.6) is 11.5 Å². The van der Waals surface area contributed by atoms with Crippen molar-refractivity contribution in [1.29, 1.82) is 0 Å². The zero-order valence-corrected chi connectivity index (χ0v) is 16.3. The van der Waals surface area contributed by atoms with Gasteiger partial charge in [-0.2, -0.15) is 5.10 Å². The maximum Gasteiger partial charge on any atom is 0.277 e. The third kappa shape index (κ3) is 4.49. The Bertz CT molecular complexity index is 1030. The molecule has 28 heavy (non-hydrogen) atoms. The van der Waals surface area contributed by atoms with Crippen LogP contribution in [0.1, 0.15) is 36.5 Å². The highest BCUT2D eigenvalue weighted by Gasteiger charge is 2.10. The fourth-order valence-electron chi connectivity index (χ4n) is 2.97. The summed E-state index contributed by atoms with van der Waals surface area (Å²) in [4.78, 5) is 12.1. The van der Waals surface area contributed by atoms with E-state index < -0.39 is 0 Å². The topological polar surface area (TPSA) is 70.9 Å². The van der Waals surface area contributed by atoms with E-state index in [9.17, 15) is 9.90 Å². The Morgan fingerprint density at radius 3 is 2.75 bits per heavy atom. The second-order valence-electron chi connectivity index (χ2n) is 7.00. The molecule has 3 aromatic carbocycles. The molecule has 0 aliphatic rings. The lowest BCUT2D eigenvalue weighted by Gasteiger charge is -2.14. The van der Waals surface area contributed by atoms with Gasteiger partial charge >= 0.3 is 0 Å². The van der Waals surface area contributed by atoms with Gasteiger partial charge in [0.15, 0.2) is 6.61 Å². The minimum absolute atomic E-state index is 0.133. The number of hydrogen-bond donors (Lipinski definition) is 2. The predicted octanol–water partition coefficient (Wildman–Crippen LogP) is 4.51. The number of ether oxygens (including phenoxy) is 1. The molecule has 1 amide bonds. The fraction of sp³-hybridized carbons (Fsp3) is 0.217. The number of amides is 1. The summed E-state index contributed by atoms with van der Waals surface area (Å²) in [5.41, 5.74) is 5.09. The molecule has 0 aromatic heterocycles. The number of rotatable bonds is 6. The summed E-state index contributed by atoms with van der Waals surface area (Å²) in [5.74, 6) is 0.773. The van der Waals surface area contributed by atoms with Crippen molar-refractivity contribution in [2.24, 2.45) is 5.10 Å². The number of carbonyl (C=O) groups excluding carboxylic acids is 1. The Labute approximate surface area is 164 Å². The molecule has 5 nitrogen and oxygen atoms in total. The Morgan fingerprint density at radius 2 is 1.96 bits per heavy atom. The minimum atomic E-state index is -0.368. The van der Waals surface area contributed by atoms with Crippen LogP contribution in [0.4, 0.5) is 0 Å². The highest BCUT2D eigenvalue weighted by molar-refractivity contribution is 5.97. The summed E-state index contributed by atoms with van der Waals surface area (Å²) in [6.07, 6.45) is 1.42. The molecular weight excluding hydrogens is 352 g/mol. The quantitative estimate of drug-likeness (QED) is 0.491. The number of nitrogens with zero attached hydrogens (tertiary/aromatic N) is 1. The van der Waals surface area contributed by atoms with Gasteiger partial charge in [-0.3, -0.25) is 4.79 Å². The number of hydrazone groups is 1. The van der Waals surface area contributed by atoms with Gasteiger partial charge in [0.2, 0.25) is 0 Å². The Kier molecular flexibility index (Phi) is 5.94. The molecule has 2 N–H and O–H groups in total. The van der Waals surface area contributed by atoms with Crippen LogP contribution in [0.25, 0.3) is 10.8 Å².